The van der Waals surface area contributed by atoms with Gasteiger partial charge in [0.15, 0.2) is 0 Å². The van der Waals surface area contributed by atoms with Crippen LogP contribution in [0, 0.1) is 12.8 Å². The topological polar surface area (TPSA) is 92.9 Å². The maximum atomic E-state index is 12.6. The summed E-state index contributed by atoms with van der Waals surface area (Å²) in [4.78, 5) is 0.0849. The number of hydrogen-bond donors (Lipinski definition) is 2. The fraction of sp³-hybridized carbons (Fsp3) is 0.538. The first-order chi connectivity index (χ1) is 9.40. The molecule has 0 aliphatic carbocycles. The number of anilines is 1. The second-order valence-corrected chi connectivity index (χ2v) is 6.97. The number of sulfonamides is 1. The number of ether oxygens (including phenoxy) is 1. The molecule has 0 bridgehead atoms. The lowest BCUT2D eigenvalue weighted by atomic mass is 10.1. The first kappa shape index (κ1) is 15.1. The summed E-state index contributed by atoms with van der Waals surface area (Å²) in [7, 11) is -2.21. The van der Waals surface area contributed by atoms with Crippen LogP contribution in [0.5, 0.6) is 5.75 Å². The molecule has 2 rings (SSSR count). The maximum Gasteiger partial charge on any atom is 0.246 e. The SMILES string of the molecule is COc1cc(C)c(N)cc1S(=O)(=O)N1CCC(CO)C1. The summed E-state index contributed by atoms with van der Waals surface area (Å²) in [6.45, 7) is 2.53. The lowest BCUT2D eigenvalue weighted by Crippen LogP contribution is -2.29. The van der Waals surface area contributed by atoms with Gasteiger partial charge in [0.05, 0.1) is 7.11 Å². The number of aliphatic hydroxyl groups is 1. The number of aliphatic hydroxyl groups excluding tert-OH is 1. The van der Waals surface area contributed by atoms with Gasteiger partial charge in [-0.25, -0.2) is 8.42 Å². The van der Waals surface area contributed by atoms with Crippen LogP contribution in [-0.2, 0) is 10.0 Å². The molecule has 1 fully saturated rings. The van der Waals surface area contributed by atoms with Crippen molar-refractivity contribution in [3.8, 4) is 5.75 Å². The zero-order valence-corrected chi connectivity index (χ0v) is 12.5. The minimum Gasteiger partial charge on any atom is -0.495 e. The fourth-order valence-electron chi connectivity index (χ4n) is 2.34. The van der Waals surface area contributed by atoms with Crippen molar-refractivity contribution in [1.82, 2.24) is 4.31 Å². The van der Waals surface area contributed by atoms with Crippen molar-refractivity contribution in [3.63, 3.8) is 0 Å². The number of nitrogens with two attached hydrogens (primary N) is 1. The van der Waals surface area contributed by atoms with Crippen LogP contribution in [0.25, 0.3) is 0 Å². The number of nitrogen functional groups attached to an aromatic ring is 1. The summed E-state index contributed by atoms with van der Waals surface area (Å²) >= 11 is 0. The Balaban J connectivity index is 2.42. The van der Waals surface area contributed by atoms with Gasteiger partial charge in [0.2, 0.25) is 10.0 Å². The van der Waals surface area contributed by atoms with Crippen molar-refractivity contribution in [3.05, 3.63) is 17.7 Å². The number of benzene rings is 1. The van der Waals surface area contributed by atoms with Gasteiger partial charge in [-0.2, -0.15) is 4.31 Å². The van der Waals surface area contributed by atoms with E-state index in [1.54, 1.807) is 13.0 Å². The first-order valence-corrected chi connectivity index (χ1v) is 7.89. The van der Waals surface area contributed by atoms with Crippen LogP contribution in [0.3, 0.4) is 0 Å². The predicted molar refractivity (Wildman–Crippen MR) is 76.1 cm³/mol. The quantitative estimate of drug-likeness (QED) is 0.794. The highest BCUT2D eigenvalue weighted by atomic mass is 32.2. The van der Waals surface area contributed by atoms with Gasteiger partial charge < -0.3 is 15.6 Å². The standard InChI is InChI=1S/C13H20N2O4S/c1-9-5-12(19-2)13(6-11(9)14)20(17,18)15-4-3-10(7-15)8-16/h5-6,10,16H,3-4,7-8,14H2,1-2H3. The predicted octanol–water partition coefficient (Wildman–Crippen LogP) is 0.589. The Bertz CT molecular complexity index is 601. The lowest BCUT2D eigenvalue weighted by molar-refractivity contribution is 0.233. The Morgan fingerprint density at radius 2 is 2.20 bits per heavy atom. The third kappa shape index (κ3) is 2.61. The Labute approximate surface area is 119 Å². The van der Waals surface area contributed by atoms with E-state index in [9.17, 15) is 8.42 Å². The highest BCUT2D eigenvalue weighted by Gasteiger charge is 2.34. The van der Waals surface area contributed by atoms with Gasteiger partial charge in [-0.1, -0.05) is 0 Å². The summed E-state index contributed by atoms with van der Waals surface area (Å²) < 4.78 is 31.8. The average Bonchev–Trinajstić information content (AvgIpc) is 2.90. The molecule has 1 aromatic rings. The van der Waals surface area contributed by atoms with Crippen molar-refractivity contribution < 1.29 is 18.3 Å². The fourth-order valence-corrected chi connectivity index (χ4v) is 4.05. The minimum absolute atomic E-state index is 0.000802. The molecule has 6 nitrogen and oxygen atoms in total. The molecule has 7 heteroatoms. The van der Waals surface area contributed by atoms with E-state index in [4.69, 9.17) is 15.6 Å². The zero-order valence-electron chi connectivity index (χ0n) is 11.7. The molecule has 0 radical (unpaired) electrons. The van der Waals surface area contributed by atoms with Gasteiger partial charge in [0, 0.05) is 25.4 Å². The molecular formula is C13H20N2O4S. The molecule has 0 spiro atoms. The molecule has 1 aliphatic heterocycles. The molecular weight excluding hydrogens is 280 g/mol. The lowest BCUT2D eigenvalue weighted by Gasteiger charge is -2.19. The highest BCUT2D eigenvalue weighted by molar-refractivity contribution is 7.89. The largest absolute Gasteiger partial charge is 0.495 e. The second kappa shape index (κ2) is 5.59. The monoisotopic (exact) mass is 300 g/mol. The molecule has 112 valence electrons. The van der Waals surface area contributed by atoms with E-state index in [0.29, 0.717) is 30.9 Å². The van der Waals surface area contributed by atoms with Crippen LogP contribution < -0.4 is 10.5 Å². The Morgan fingerprint density at radius 1 is 1.50 bits per heavy atom. The first-order valence-electron chi connectivity index (χ1n) is 6.45. The molecule has 1 saturated heterocycles. The number of methoxy groups -OCH3 is 1. The van der Waals surface area contributed by atoms with Crippen molar-refractivity contribution in [1.29, 1.82) is 0 Å². The van der Waals surface area contributed by atoms with E-state index in [1.165, 1.54) is 17.5 Å². The average molecular weight is 300 g/mol. The van der Waals surface area contributed by atoms with Crippen LogP contribution in [0.1, 0.15) is 12.0 Å². The Morgan fingerprint density at radius 3 is 2.75 bits per heavy atom. The van der Waals surface area contributed by atoms with Crippen molar-refractivity contribution in [2.75, 3.05) is 32.5 Å². The third-order valence-corrected chi connectivity index (χ3v) is 5.56. The normalized spacial score (nSPS) is 20.2. The molecule has 1 atom stereocenters. The third-order valence-electron chi connectivity index (χ3n) is 3.68. The molecule has 1 aromatic carbocycles. The van der Waals surface area contributed by atoms with E-state index in [1.807, 2.05) is 0 Å². The Hall–Kier alpha value is -1.31. The van der Waals surface area contributed by atoms with Gasteiger partial charge in [-0.3, -0.25) is 0 Å². The molecule has 20 heavy (non-hydrogen) atoms. The van der Waals surface area contributed by atoms with Crippen LogP contribution >= 0.6 is 0 Å². The summed E-state index contributed by atoms with van der Waals surface area (Å²) in [6, 6.07) is 3.07. The molecule has 0 amide bonds. The highest BCUT2D eigenvalue weighted by Crippen LogP contribution is 2.33. The molecule has 0 saturated carbocycles. The van der Waals surface area contributed by atoms with E-state index in [-0.39, 0.29) is 17.4 Å². The van der Waals surface area contributed by atoms with E-state index in [2.05, 4.69) is 0 Å². The smallest absolute Gasteiger partial charge is 0.246 e. The summed E-state index contributed by atoms with van der Waals surface area (Å²) in [6.07, 6.45) is 0.666. The second-order valence-electron chi connectivity index (χ2n) is 5.06. The van der Waals surface area contributed by atoms with Crippen molar-refractivity contribution in [2.45, 2.75) is 18.2 Å². The van der Waals surface area contributed by atoms with E-state index in [0.717, 1.165) is 5.56 Å². The van der Waals surface area contributed by atoms with Crippen molar-refractivity contribution >= 4 is 15.7 Å². The van der Waals surface area contributed by atoms with Crippen LogP contribution in [0.2, 0.25) is 0 Å². The van der Waals surface area contributed by atoms with Gasteiger partial charge in [0.25, 0.3) is 0 Å². The van der Waals surface area contributed by atoms with Crippen LogP contribution in [0.15, 0.2) is 17.0 Å². The number of hydrogen-bond acceptors (Lipinski definition) is 5. The molecule has 1 aliphatic rings. The van der Waals surface area contributed by atoms with E-state index < -0.39 is 10.0 Å². The zero-order chi connectivity index (χ0) is 14.9. The van der Waals surface area contributed by atoms with E-state index >= 15 is 0 Å². The molecule has 3 N–H and O–H groups in total. The minimum atomic E-state index is -3.65. The molecule has 1 heterocycles. The summed E-state index contributed by atoms with van der Waals surface area (Å²) in [5.74, 6) is 0.294. The summed E-state index contributed by atoms with van der Waals surface area (Å²) in [5.41, 5.74) is 7.01. The molecule has 1 unspecified atom stereocenters. The number of nitrogens with zero attached hydrogens (tertiary/aromatic N) is 1. The number of aryl methyl sites for hydroxylation is 1. The molecule has 0 aromatic heterocycles. The maximum absolute atomic E-state index is 12.6. The van der Waals surface area contributed by atoms with Gasteiger partial charge in [0.1, 0.15) is 10.6 Å². The van der Waals surface area contributed by atoms with Crippen molar-refractivity contribution in [2.24, 2.45) is 5.92 Å². The van der Waals surface area contributed by atoms with Crippen LogP contribution in [-0.4, -0.2) is 44.6 Å². The summed E-state index contributed by atoms with van der Waals surface area (Å²) in [5, 5.41) is 9.14. The van der Waals surface area contributed by atoms with Gasteiger partial charge >= 0.3 is 0 Å². The van der Waals surface area contributed by atoms with Crippen LogP contribution in [0.4, 0.5) is 5.69 Å². The van der Waals surface area contributed by atoms with Gasteiger partial charge in [-0.15, -0.1) is 0 Å². The Kier molecular flexibility index (Phi) is 4.22. The number of rotatable bonds is 4. The van der Waals surface area contributed by atoms with Gasteiger partial charge in [-0.05, 0) is 37.0 Å².